The molecule has 0 amide bonds. The fourth-order valence-corrected chi connectivity index (χ4v) is 2.38. The highest BCUT2D eigenvalue weighted by atomic mass is 79.9. The minimum absolute atomic E-state index is 0.0209. The van der Waals surface area contributed by atoms with Crippen molar-refractivity contribution in [1.29, 1.82) is 0 Å². The van der Waals surface area contributed by atoms with Crippen LogP contribution in [0.5, 0.6) is 5.75 Å². The van der Waals surface area contributed by atoms with Gasteiger partial charge in [-0.3, -0.25) is 9.48 Å². The summed E-state index contributed by atoms with van der Waals surface area (Å²) in [6.45, 7) is 3.61. The molecule has 0 spiro atoms. The van der Waals surface area contributed by atoms with E-state index in [9.17, 15) is 13.6 Å². The fraction of sp³-hybridized carbons (Fsp3) is 0.286. The van der Waals surface area contributed by atoms with E-state index in [4.69, 9.17) is 4.74 Å². The Bertz CT molecular complexity index is 675. The van der Waals surface area contributed by atoms with Gasteiger partial charge < -0.3 is 4.74 Å². The summed E-state index contributed by atoms with van der Waals surface area (Å²) < 4.78 is 34.6. The van der Waals surface area contributed by atoms with Crippen molar-refractivity contribution in [2.75, 3.05) is 7.11 Å². The van der Waals surface area contributed by atoms with Crippen LogP contribution in [0.4, 0.5) is 8.78 Å². The molecule has 0 aliphatic heterocycles. The molecule has 0 bridgehead atoms. The van der Waals surface area contributed by atoms with Crippen molar-refractivity contribution in [3.8, 4) is 5.75 Å². The number of hydrogen-bond acceptors (Lipinski definition) is 3. The molecule has 7 heteroatoms. The van der Waals surface area contributed by atoms with Crippen molar-refractivity contribution in [3.63, 3.8) is 0 Å². The van der Waals surface area contributed by atoms with Crippen molar-refractivity contribution < 1.29 is 18.3 Å². The first-order chi connectivity index (χ1) is 9.86. The lowest BCUT2D eigenvalue weighted by Crippen LogP contribution is -2.16. The van der Waals surface area contributed by atoms with Gasteiger partial charge in [0.1, 0.15) is 11.6 Å². The minimum Gasteiger partial charge on any atom is -0.493 e. The molecule has 2 aromatic rings. The highest BCUT2D eigenvalue weighted by Crippen LogP contribution is 2.27. The van der Waals surface area contributed by atoms with E-state index in [1.807, 2.05) is 0 Å². The lowest BCUT2D eigenvalue weighted by molar-refractivity contribution is 0.101. The highest BCUT2D eigenvalue weighted by Gasteiger charge is 2.27. The third kappa shape index (κ3) is 2.83. The second kappa shape index (κ2) is 5.93. The van der Waals surface area contributed by atoms with Crippen LogP contribution in [0.25, 0.3) is 0 Å². The van der Waals surface area contributed by atoms with Crippen LogP contribution in [0.15, 0.2) is 22.8 Å². The Kier molecular flexibility index (Phi) is 4.41. The van der Waals surface area contributed by atoms with E-state index in [0.717, 1.165) is 12.1 Å². The molecule has 0 radical (unpaired) electrons. The summed E-state index contributed by atoms with van der Waals surface area (Å²) in [7, 11) is 1.37. The van der Waals surface area contributed by atoms with Gasteiger partial charge in [0, 0.05) is 10.5 Å². The van der Waals surface area contributed by atoms with Crippen molar-refractivity contribution in [2.24, 2.45) is 0 Å². The van der Waals surface area contributed by atoms with E-state index in [1.165, 1.54) is 18.0 Å². The van der Waals surface area contributed by atoms with Crippen molar-refractivity contribution >= 4 is 21.7 Å². The maximum Gasteiger partial charge on any atom is 0.220 e. The molecule has 1 heterocycles. The Labute approximate surface area is 128 Å². The SMILES string of the molecule is COc1cnn(C(C)C)c1C(=O)c1c(F)cc(Br)cc1F. The molecule has 1 aromatic carbocycles. The van der Waals surface area contributed by atoms with E-state index in [1.54, 1.807) is 13.8 Å². The second-order valence-corrected chi connectivity index (χ2v) is 5.59. The van der Waals surface area contributed by atoms with Crippen molar-refractivity contribution in [2.45, 2.75) is 19.9 Å². The van der Waals surface area contributed by atoms with Crippen LogP contribution in [0, 0.1) is 11.6 Å². The van der Waals surface area contributed by atoms with Crippen LogP contribution in [0.3, 0.4) is 0 Å². The molecule has 2 rings (SSSR count). The number of hydrogen-bond donors (Lipinski definition) is 0. The first kappa shape index (κ1) is 15.6. The highest BCUT2D eigenvalue weighted by molar-refractivity contribution is 9.10. The monoisotopic (exact) mass is 358 g/mol. The number of ketones is 1. The number of carbonyl (C=O) groups excluding carboxylic acids is 1. The molecule has 0 unspecified atom stereocenters. The molecule has 112 valence electrons. The third-order valence-electron chi connectivity index (χ3n) is 2.92. The van der Waals surface area contributed by atoms with Crippen molar-refractivity contribution in [3.05, 3.63) is 45.7 Å². The first-order valence-corrected chi connectivity index (χ1v) is 6.96. The van der Waals surface area contributed by atoms with Gasteiger partial charge in [0.05, 0.1) is 18.9 Å². The van der Waals surface area contributed by atoms with Crippen LogP contribution >= 0.6 is 15.9 Å². The Morgan fingerprint density at radius 1 is 1.33 bits per heavy atom. The van der Waals surface area contributed by atoms with E-state index in [-0.39, 0.29) is 22.0 Å². The van der Waals surface area contributed by atoms with Gasteiger partial charge in [0.25, 0.3) is 0 Å². The summed E-state index contributed by atoms with van der Waals surface area (Å²) in [6.07, 6.45) is 1.35. The van der Waals surface area contributed by atoms with Crippen molar-refractivity contribution in [1.82, 2.24) is 9.78 Å². The molecule has 0 N–H and O–H groups in total. The van der Waals surface area contributed by atoms with E-state index < -0.39 is 23.0 Å². The average molecular weight is 359 g/mol. The fourth-order valence-electron chi connectivity index (χ4n) is 1.98. The van der Waals surface area contributed by atoms with Gasteiger partial charge in [-0.15, -0.1) is 0 Å². The predicted octanol–water partition coefficient (Wildman–Crippen LogP) is 3.74. The Hall–Kier alpha value is -1.76. The Morgan fingerprint density at radius 2 is 1.90 bits per heavy atom. The predicted molar refractivity (Wildman–Crippen MR) is 76.7 cm³/mol. The number of carbonyl (C=O) groups is 1. The van der Waals surface area contributed by atoms with Crippen LogP contribution < -0.4 is 4.74 Å². The number of ether oxygens (including phenoxy) is 1. The quantitative estimate of drug-likeness (QED) is 0.782. The topological polar surface area (TPSA) is 44.1 Å². The third-order valence-corrected chi connectivity index (χ3v) is 3.38. The zero-order valence-corrected chi connectivity index (χ0v) is 13.2. The lowest BCUT2D eigenvalue weighted by Gasteiger charge is -2.12. The van der Waals surface area contributed by atoms with Gasteiger partial charge in [-0.25, -0.2) is 8.78 Å². The Morgan fingerprint density at radius 3 is 2.38 bits per heavy atom. The molecule has 0 fully saturated rings. The zero-order valence-electron chi connectivity index (χ0n) is 11.7. The average Bonchev–Trinajstić information content (AvgIpc) is 2.80. The molecule has 0 aliphatic carbocycles. The zero-order chi connectivity index (χ0) is 15.7. The first-order valence-electron chi connectivity index (χ1n) is 6.17. The van der Waals surface area contributed by atoms with Gasteiger partial charge in [-0.1, -0.05) is 15.9 Å². The van der Waals surface area contributed by atoms with Crippen LogP contribution in [-0.4, -0.2) is 22.7 Å². The van der Waals surface area contributed by atoms with Gasteiger partial charge in [-0.2, -0.15) is 5.10 Å². The van der Waals surface area contributed by atoms with E-state index >= 15 is 0 Å². The normalized spacial score (nSPS) is 11.0. The minimum atomic E-state index is -0.939. The largest absolute Gasteiger partial charge is 0.493 e. The van der Waals surface area contributed by atoms with Gasteiger partial charge >= 0.3 is 0 Å². The molecule has 0 aliphatic rings. The molecule has 0 saturated heterocycles. The van der Waals surface area contributed by atoms with Gasteiger partial charge in [0.15, 0.2) is 11.4 Å². The summed E-state index contributed by atoms with van der Waals surface area (Å²) in [5.41, 5.74) is -0.605. The van der Waals surface area contributed by atoms with E-state index in [2.05, 4.69) is 21.0 Å². The number of methoxy groups -OCH3 is 1. The van der Waals surface area contributed by atoms with Crippen LogP contribution in [0.1, 0.15) is 35.9 Å². The maximum atomic E-state index is 14.0. The smallest absolute Gasteiger partial charge is 0.220 e. The number of nitrogens with zero attached hydrogens (tertiary/aromatic N) is 2. The standard InChI is InChI=1S/C14H13BrF2N2O2/c1-7(2)19-13(11(21-3)6-18-19)14(20)12-9(16)4-8(15)5-10(12)17/h4-7H,1-3H3. The lowest BCUT2D eigenvalue weighted by atomic mass is 10.1. The van der Waals surface area contributed by atoms with Gasteiger partial charge in [-0.05, 0) is 26.0 Å². The number of benzene rings is 1. The van der Waals surface area contributed by atoms with E-state index in [0.29, 0.717) is 0 Å². The molecule has 0 atom stereocenters. The molecular weight excluding hydrogens is 346 g/mol. The Balaban J connectivity index is 2.63. The summed E-state index contributed by atoms with van der Waals surface area (Å²) >= 11 is 2.98. The molecule has 1 aromatic heterocycles. The van der Waals surface area contributed by atoms with Crippen LogP contribution in [0.2, 0.25) is 0 Å². The molecule has 0 saturated carbocycles. The number of rotatable bonds is 4. The number of aromatic nitrogens is 2. The molecule has 4 nitrogen and oxygen atoms in total. The summed E-state index contributed by atoms with van der Waals surface area (Å²) in [5.74, 6) is -2.51. The second-order valence-electron chi connectivity index (χ2n) is 4.67. The number of halogens is 3. The summed E-state index contributed by atoms with van der Waals surface area (Å²) in [5, 5.41) is 4.03. The summed E-state index contributed by atoms with van der Waals surface area (Å²) in [4.78, 5) is 12.5. The van der Waals surface area contributed by atoms with Gasteiger partial charge in [0.2, 0.25) is 5.78 Å². The molecule has 21 heavy (non-hydrogen) atoms. The summed E-state index contributed by atoms with van der Waals surface area (Å²) in [6, 6.07) is 1.92. The molecular formula is C14H13BrF2N2O2. The van der Waals surface area contributed by atoms with Crippen LogP contribution in [-0.2, 0) is 0 Å². The maximum absolute atomic E-state index is 14.0.